The number of amides is 1. The minimum absolute atomic E-state index is 0.0897. The zero-order chi connectivity index (χ0) is 14.4. The summed E-state index contributed by atoms with van der Waals surface area (Å²) < 4.78 is 0. The first-order valence-electron chi connectivity index (χ1n) is 5.98. The summed E-state index contributed by atoms with van der Waals surface area (Å²) in [6, 6.07) is 9.15. The number of benzene rings is 1. The van der Waals surface area contributed by atoms with Gasteiger partial charge in [0.1, 0.15) is 5.51 Å². The largest absolute Gasteiger partial charge is 0.481 e. The van der Waals surface area contributed by atoms with Gasteiger partial charge in [-0.15, -0.1) is 10.2 Å². The van der Waals surface area contributed by atoms with Gasteiger partial charge in [0.25, 0.3) is 0 Å². The van der Waals surface area contributed by atoms with Gasteiger partial charge in [0.05, 0.1) is 6.42 Å². The molecule has 1 amide bonds. The lowest BCUT2D eigenvalue weighted by molar-refractivity contribution is -0.137. The number of anilines is 1. The lowest BCUT2D eigenvalue weighted by atomic mass is 9.92. The van der Waals surface area contributed by atoms with Crippen molar-refractivity contribution >= 4 is 28.3 Å². The first kappa shape index (κ1) is 14.1. The molecule has 0 fully saturated rings. The maximum absolute atomic E-state index is 11.9. The quantitative estimate of drug-likeness (QED) is 0.850. The maximum Gasteiger partial charge on any atom is 0.303 e. The third kappa shape index (κ3) is 4.13. The van der Waals surface area contributed by atoms with Gasteiger partial charge in [0.15, 0.2) is 0 Å². The van der Waals surface area contributed by atoms with Gasteiger partial charge in [0, 0.05) is 12.3 Å². The van der Waals surface area contributed by atoms with Crippen molar-refractivity contribution in [2.24, 2.45) is 0 Å². The van der Waals surface area contributed by atoms with Gasteiger partial charge in [-0.3, -0.25) is 9.59 Å². The number of nitrogens with one attached hydrogen (secondary N) is 1. The lowest BCUT2D eigenvalue weighted by Gasteiger charge is -2.14. The smallest absolute Gasteiger partial charge is 0.303 e. The number of carboxylic acid groups (broad SMARTS) is 1. The number of rotatable bonds is 6. The third-order valence-electron chi connectivity index (χ3n) is 2.73. The van der Waals surface area contributed by atoms with Gasteiger partial charge in [0.2, 0.25) is 11.0 Å². The molecule has 6 nitrogen and oxygen atoms in total. The zero-order valence-corrected chi connectivity index (χ0v) is 11.3. The summed E-state index contributed by atoms with van der Waals surface area (Å²) in [4.78, 5) is 22.8. The van der Waals surface area contributed by atoms with Gasteiger partial charge in [-0.1, -0.05) is 41.7 Å². The molecule has 0 spiro atoms. The molecule has 0 saturated carbocycles. The standard InChI is InChI=1S/C13H13N3O3S/c17-11(15-13-16-14-8-20-13)6-10(7-12(18)19)9-4-2-1-3-5-9/h1-5,8,10H,6-7H2,(H,18,19)(H,15,16,17)/t10-/m1/s1. The van der Waals surface area contributed by atoms with Crippen LogP contribution in [-0.4, -0.2) is 27.2 Å². The topological polar surface area (TPSA) is 92.2 Å². The van der Waals surface area contributed by atoms with E-state index >= 15 is 0 Å². The molecule has 7 heteroatoms. The van der Waals surface area contributed by atoms with Crippen LogP contribution in [0.15, 0.2) is 35.8 Å². The van der Waals surface area contributed by atoms with Crippen molar-refractivity contribution in [2.75, 3.05) is 5.32 Å². The van der Waals surface area contributed by atoms with Crippen LogP contribution in [0, 0.1) is 0 Å². The van der Waals surface area contributed by atoms with Crippen molar-refractivity contribution in [1.29, 1.82) is 0 Å². The van der Waals surface area contributed by atoms with E-state index in [0.29, 0.717) is 5.13 Å². The van der Waals surface area contributed by atoms with Gasteiger partial charge in [-0.05, 0) is 5.56 Å². The monoisotopic (exact) mass is 291 g/mol. The molecule has 0 bridgehead atoms. The van der Waals surface area contributed by atoms with E-state index in [9.17, 15) is 9.59 Å². The number of hydrogen-bond acceptors (Lipinski definition) is 5. The molecule has 1 atom stereocenters. The minimum atomic E-state index is -0.928. The van der Waals surface area contributed by atoms with Crippen LogP contribution in [0.2, 0.25) is 0 Å². The van der Waals surface area contributed by atoms with E-state index in [-0.39, 0.29) is 24.7 Å². The molecule has 0 aliphatic rings. The van der Waals surface area contributed by atoms with Crippen LogP contribution in [0.3, 0.4) is 0 Å². The number of aromatic nitrogens is 2. The first-order valence-corrected chi connectivity index (χ1v) is 6.86. The Balaban J connectivity index is 2.04. The molecule has 2 N–H and O–H groups in total. The Hall–Kier alpha value is -2.28. The highest BCUT2D eigenvalue weighted by Crippen LogP contribution is 2.24. The van der Waals surface area contributed by atoms with E-state index in [1.807, 2.05) is 30.3 Å². The second-order valence-electron chi connectivity index (χ2n) is 4.20. The Bertz CT molecular complexity index is 572. The van der Waals surface area contributed by atoms with E-state index in [0.717, 1.165) is 5.56 Å². The summed E-state index contributed by atoms with van der Waals surface area (Å²) in [6.07, 6.45) is 0.00342. The fourth-order valence-electron chi connectivity index (χ4n) is 1.87. The Morgan fingerprint density at radius 1 is 1.25 bits per heavy atom. The molecular weight excluding hydrogens is 278 g/mol. The molecule has 0 saturated heterocycles. The third-order valence-corrected chi connectivity index (χ3v) is 3.34. The molecule has 1 aromatic carbocycles. The molecule has 104 valence electrons. The summed E-state index contributed by atoms with van der Waals surface area (Å²) in [7, 11) is 0. The van der Waals surface area contributed by atoms with Crippen molar-refractivity contribution in [2.45, 2.75) is 18.8 Å². The molecule has 1 aromatic heterocycles. The van der Waals surface area contributed by atoms with Gasteiger partial charge in [-0.25, -0.2) is 0 Å². The highest BCUT2D eigenvalue weighted by Gasteiger charge is 2.19. The Morgan fingerprint density at radius 3 is 2.60 bits per heavy atom. The normalized spacial score (nSPS) is 11.8. The van der Waals surface area contributed by atoms with Crippen molar-refractivity contribution in [1.82, 2.24) is 10.2 Å². The van der Waals surface area contributed by atoms with Crippen molar-refractivity contribution in [3.63, 3.8) is 0 Å². The van der Waals surface area contributed by atoms with Crippen molar-refractivity contribution in [3.8, 4) is 0 Å². The number of nitrogens with zero attached hydrogens (tertiary/aromatic N) is 2. The van der Waals surface area contributed by atoms with Crippen LogP contribution in [0.25, 0.3) is 0 Å². The van der Waals surface area contributed by atoms with Crippen LogP contribution >= 0.6 is 11.3 Å². The molecule has 0 unspecified atom stereocenters. The molecule has 0 radical (unpaired) electrons. The Labute approximate surface area is 119 Å². The van der Waals surface area contributed by atoms with E-state index in [2.05, 4.69) is 15.5 Å². The predicted octanol–water partition coefficient (Wildman–Crippen LogP) is 2.13. The summed E-state index contributed by atoms with van der Waals surface area (Å²) in [6.45, 7) is 0. The summed E-state index contributed by atoms with van der Waals surface area (Å²) in [5.41, 5.74) is 2.35. The number of carbonyl (C=O) groups is 2. The fourth-order valence-corrected chi connectivity index (χ4v) is 2.33. The van der Waals surface area contributed by atoms with Crippen LogP contribution in [0.1, 0.15) is 24.3 Å². The molecule has 2 rings (SSSR count). The highest BCUT2D eigenvalue weighted by molar-refractivity contribution is 7.13. The summed E-state index contributed by atoms with van der Waals surface area (Å²) in [5, 5.41) is 19.3. The fraction of sp³-hybridized carbons (Fsp3) is 0.231. The van der Waals surface area contributed by atoms with Crippen molar-refractivity contribution < 1.29 is 14.7 Å². The SMILES string of the molecule is O=C(O)C[C@@H](CC(=O)Nc1nncs1)c1ccccc1. The number of hydrogen-bond donors (Lipinski definition) is 2. The molecule has 1 heterocycles. The Morgan fingerprint density at radius 2 is 2.00 bits per heavy atom. The predicted molar refractivity (Wildman–Crippen MR) is 74.6 cm³/mol. The highest BCUT2D eigenvalue weighted by atomic mass is 32.1. The van der Waals surface area contributed by atoms with Gasteiger partial charge < -0.3 is 10.4 Å². The summed E-state index contributed by atoms with van der Waals surface area (Å²) in [5.74, 6) is -1.55. The second kappa shape index (κ2) is 6.76. The minimum Gasteiger partial charge on any atom is -0.481 e. The molecular formula is C13H13N3O3S. The molecule has 0 aliphatic heterocycles. The molecule has 20 heavy (non-hydrogen) atoms. The van der Waals surface area contributed by atoms with Gasteiger partial charge in [-0.2, -0.15) is 0 Å². The van der Waals surface area contributed by atoms with Crippen LogP contribution in [-0.2, 0) is 9.59 Å². The molecule has 0 aliphatic carbocycles. The van der Waals surface area contributed by atoms with Crippen LogP contribution < -0.4 is 5.32 Å². The van der Waals surface area contributed by atoms with E-state index < -0.39 is 5.97 Å². The van der Waals surface area contributed by atoms with Gasteiger partial charge >= 0.3 is 5.97 Å². The maximum atomic E-state index is 11.9. The first-order chi connectivity index (χ1) is 9.65. The number of carbonyl (C=O) groups excluding carboxylic acids is 1. The average Bonchev–Trinajstić information content (AvgIpc) is 2.91. The van der Waals surface area contributed by atoms with Crippen LogP contribution in [0.5, 0.6) is 0 Å². The van der Waals surface area contributed by atoms with E-state index in [4.69, 9.17) is 5.11 Å². The molecule has 2 aromatic rings. The zero-order valence-electron chi connectivity index (χ0n) is 10.5. The van der Waals surface area contributed by atoms with E-state index in [1.165, 1.54) is 16.8 Å². The Kier molecular flexibility index (Phi) is 4.78. The van der Waals surface area contributed by atoms with Crippen molar-refractivity contribution in [3.05, 3.63) is 41.4 Å². The lowest BCUT2D eigenvalue weighted by Crippen LogP contribution is -2.17. The average molecular weight is 291 g/mol. The van der Waals surface area contributed by atoms with E-state index in [1.54, 1.807) is 0 Å². The van der Waals surface area contributed by atoms with Crippen LogP contribution in [0.4, 0.5) is 5.13 Å². The number of aliphatic carboxylic acids is 1. The summed E-state index contributed by atoms with van der Waals surface area (Å²) >= 11 is 1.22. The number of carboxylic acids is 1. The second-order valence-corrected chi connectivity index (χ2v) is 5.03.